The molecule has 0 radical (unpaired) electrons. The third-order valence-electron chi connectivity index (χ3n) is 7.27. The zero-order valence-electron chi connectivity index (χ0n) is 20.3. The number of benzene rings is 1. The number of methoxy groups -OCH3 is 1. The smallest absolute Gasteiger partial charge is 0.273 e. The molecule has 0 saturated heterocycles. The van der Waals surface area contributed by atoms with Crippen LogP contribution in [-0.4, -0.2) is 45.2 Å². The van der Waals surface area contributed by atoms with Crippen LogP contribution in [0.25, 0.3) is 10.6 Å². The van der Waals surface area contributed by atoms with Gasteiger partial charge in [-0.15, -0.1) is 11.3 Å². The van der Waals surface area contributed by atoms with Gasteiger partial charge in [0, 0.05) is 11.6 Å². The summed E-state index contributed by atoms with van der Waals surface area (Å²) in [6.45, 7) is 2.44. The average Bonchev–Trinajstić information content (AvgIpc) is 3.47. The maximum atomic E-state index is 13.9. The van der Waals surface area contributed by atoms with Gasteiger partial charge in [0.25, 0.3) is 5.91 Å². The number of rotatable bonds is 6. The molecule has 5 rings (SSSR count). The molecule has 2 aliphatic rings. The summed E-state index contributed by atoms with van der Waals surface area (Å²) in [5.41, 5.74) is 1.04. The second kappa shape index (κ2) is 9.85. The topological polar surface area (TPSA) is 76.5 Å². The third-order valence-corrected chi connectivity index (χ3v) is 8.16. The molecule has 7 nitrogen and oxygen atoms in total. The predicted molar refractivity (Wildman–Crippen MR) is 136 cm³/mol. The number of para-hydroxylation sites is 1. The largest absolute Gasteiger partial charge is 0.496 e. The molecule has 0 unspecified atom stereocenters. The summed E-state index contributed by atoms with van der Waals surface area (Å²) in [5.74, 6) is 0.382. The minimum Gasteiger partial charge on any atom is -0.496 e. The second-order valence-electron chi connectivity index (χ2n) is 9.69. The number of aromatic nitrogens is 2. The molecule has 1 aromatic carbocycles. The Bertz CT molecular complexity index is 1200. The van der Waals surface area contributed by atoms with Crippen molar-refractivity contribution >= 4 is 23.2 Å². The number of ether oxygens (including phenoxy) is 1. The second-order valence-corrected chi connectivity index (χ2v) is 10.6. The van der Waals surface area contributed by atoms with E-state index in [-0.39, 0.29) is 24.4 Å². The third kappa shape index (κ3) is 4.59. The van der Waals surface area contributed by atoms with E-state index in [1.54, 1.807) is 28.0 Å². The van der Waals surface area contributed by atoms with E-state index >= 15 is 0 Å². The van der Waals surface area contributed by atoms with E-state index in [9.17, 15) is 9.59 Å². The molecule has 1 saturated carbocycles. The number of fused-ring (bicyclic) bond motifs is 1. The highest BCUT2D eigenvalue weighted by Gasteiger charge is 2.48. The van der Waals surface area contributed by atoms with Crippen molar-refractivity contribution in [3.63, 3.8) is 0 Å². The molecular formula is C27H32N4O3S. The number of carbonyl (C=O) groups is 2. The Labute approximate surface area is 210 Å². The molecule has 2 aromatic heterocycles. The summed E-state index contributed by atoms with van der Waals surface area (Å²) in [7, 11) is 1.62. The number of nitrogens with one attached hydrogen (secondary N) is 1. The van der Waals surface area contributed by atoms with Gasteiger partial charge in [-0.25, -0.2) is 0 Å². The lowest BCUT2D eigenvalue weighted by molar-refractivity contribution is -0.134. The quantitative estimate of drug-likeness (QED) is 0.498. The van der Waals surface area contributed by atoms with E-state index in [0.717, 1.165) is 41.8 Å². The highest BCUT2D eigenvalue weighted by molar-refractivity contribution is 7.13. The van der Waals surface area contributed by atoms with Gasteiger partial charge in [-0.1, -0.05) is 49.9 Å². The van der Waals surface area contributed by atoms with Crippen molar-refractivity contribution in [2.45, 2.75) is 70.1 Å². The monoisotopic (exact) mass is 492 g/mol. The Morgan fingerprint density at radius 1 is 1.17 bits per heavy atom. The van der Waals surface area contributed by atoms with Gasteiger partial charge in [0.05, 0.1) is 25.1 Å². The van der Waals surface area contributed by atoms with E-state index in [1.807, 2.05) is 54.8 Å². The summed E-state index contributed by atoms with van der Waals surface area (Å²) < 4.78 is 7.27. The van der Waals surface area contributed by atoms with E-state index in [1.165, 1.54) is 12.8 Å². The Morgan fingerprint density at radius 3 is 2.66 bits per heavy atom. The van der Waals surface area contributed by atoms with Gasteiger partial charge in [-0.3, -0.25) is 14.3 Å². The van der Waals surface area contributed by atoms with Crippen LogP contribution in [-0.2, 0) is 17.9 Å². The van der Waals surface area contributed by atoms with Gasteiger partial charge in [0.15, 0.2) is 0 Å². The first-order valence-electron chi connectivity index (χ1n) is 12.4. The van der Waals surface area contributed by atoms with E-state index in [4.69, 9.17) is 9.84 Å². The first-order valence-corrected chi connectivity index (χ1v) is 13.2. The van der Waals surface area contributed by atoms with Gasteiger partial charge < -0.3 is 15.0 Å². The van der Waals surface area contributed by atoms with Gasteiger partial charge in [0.1, 0.15) is 22.7 Å². The predicted octanol–water partition coefficient (Wildman–Crippen LogP) is 4.87. The van der Waals surface area contributed by atoms with Crippen LogP contribution in [0.3, 0.4) is 0 Å². The molecule has 1 aliphatic carbocycles. The van der Waals surface area contributed by atoms with E-state index in [2.05, 4.69) is 5.32 Å². The molecule has 0 bridgehead atoms. The standard InChI is InChI=1S/C27H32N4O3S/c1-27(26(33)28-20-11-5-3-4-6-12-20)18-31-22(16-21(29-31)24-14-9-15-35-24)25(32)30(27)17-19-10-7-8-13-23(19)34-2/h7-10,13-16,20H,3-6,11-12,17-18H2,1-2H3,(H,28,33)/t27-/m1/s1. The zero-order chi connectivity index (χ0) is 24.4. The number of carbonyl (C=O) groups excluding carboxylic acids is 2. The summed E-state index contributed by atoms with van der Waals surface area (Å²) in [6, 6.07) is 13.6. The van der Waals surface area contributed by atoms with Crippen LogP contribution in [0.4, 0.5) is 0 Å². The molecule has 1 fully saturated rings. The normalized spacial score (nSPS) is 20.9. The van der Waals surface area contributed by atoms with Crippen LogP contribution in [0.15, 0.2) is 47.8 Å². The van der Waals surface area contributed by atoms with Crippen LogP contribution >= 0.6 is 11.3 Å². The minimum absolute atomic E-state index is 0.119. The Hall–Kier alpha value is -3.13. The van der Waals surface area contributed by atoms with Gasteiger partial charge in [-0.05, 0) is 43.3 Å². The van der Waals surface area contributed by atoms with Crippen molar-refractivity contribution in [3.8, 4) is 16.3 Å². The highest BCUT2D eigenvalue weighted by Crippen LogP contribution is 2.34. The minimum atomic E-state index is -1.09. The molecule has 184 valence electrons. The Balaban J connectivity index is 1.51. The number of hydrogen-bond acceptors (Lipinski definition) is 5. The van der Waals surface area contributed by atoms with Crippen LogP contribution in [0, 0.1) is 0 Å². The van der Waals surface area contributed by atoms with Crippen molar-refractivity contribution in [1.29, 1.82) is 0 Å². The van der Waals surface area contributed by atoms with E-state index in [0.29, 0.717) is 18.0 Å². The number of hydrogen-bond donors (Lipinski definition) is 1. The molecule has 3 heterocycles. The van der Waals surface area contributed by atoms with E-state index < -0.39 is 5.54 Å². The highest BCUT2D eigenvalue weighted by atomic mass is 32.1. The molecular weight excluding hydrogens is 460 g/mol. The van der Waals surface area contributed by atoms with Crippen LogP contribution in [0.2, 0.25) is 0 Å². The zero-order valence-corrected chi connectivity index (χ0v) is 21.1. The maximum Gasteiger partial charge on any atom is 0.273 e. The maximum absolute atomic E-state index is 13.9. The van der Waals surface area contributed by atoms with Crippen molar-refractivity contribution in [3.05, 3.63) is 59.1 Å². The Morgan fingerprint density at radius 2 is 1.94 bits per heavy atom. The molecule has 1 atom stereocenters. The summed E-state index contributed by atoms with van der Waals surface area (Å²) >= 11 is 1.58. The van der Waals surface area contributed by atoms with Gasteiger partial charge in [0.2, 0.25) is 5.91 Å². The van der Waals surface area contributed by atoms with Crippen molar-refractivity contribution in [1.82, 2.24) is 20.0 Å². The van der Waals surface area contributed by atoms with Crippen LogP contribution < -0.4 is 10.1 Å². The lowest BCUT2D eigenvalue weighted by atomic mass is 9.93. The number of nitrogens with zero attached hydrogens (tertiary/aromatic N) is 3. The summed E-state index contributed by atoms with van der Waals surface area (Å²) in [4.78, 5) is 30.5. The fourth-order valence-corrected chi connectivity index (χ4v) is 5.88. The van der Waals surface area contributed by atoms with Crippen LogP contribution in [0.5, 0.6) is 5.75 Å². The summed E-state index contributed by atoms with van der Waals surface area (Å²) in [5, 5.41) is 10.0. The first-order chi connectivity index (χ1) is 17.0. The molecule has 35 heavy (non-hydrogen) atoms. The van der Waals surface area contributed by atoms with Gasteiger partial charge in [-0.2, -0.15) is 5.10 Å². The van der Waals surface area contributed by atoms with Gasteiger partial charge >= 0.3 is 0 Å². The molecule has 3 aromatic rings. The lowest BCUT2D eigenvalue weighted by Crippen LogP contribution is -2.64. The Kier molecular flexibility index (Phi) is 6.65. The SMILES string of the molecule is COc1ccccc1CN1C(=O)c2cc(-c3cccs3)nn2C[C@]1(C)C(=O)NC1CCCCCC1. The molecule has 0 spiro atoms. The molecule has 8 heteroatoms. The molecule has 1 N–H and O–H groups in total. The number of amides is 2. The fourth-order valence-electron chi connectivity index (χ4n) is 5.20. The molecule has 2 amide bonds. The number of thiophene rings is 1. The first kappa shape index (κ1) is 23.6. The van der Waals surface area contributed by atoms with Crippen molar-refractivity contribution < 1.29 is 14.3 Å². The molecule has 1 aliphatic heterocycles. The summed E-state index contributed by atoms with van der Waals surface area (Å²) in [6.07, 6.45) is 6.64. The average molecular weight is 493 g/mol. The van der Waals surface area contributed by atoms with Crippen molar-refractivity contribution in [2.24, 2.45) is 0 Å². The lowest BCUT2D eigenvalue weighted by Gasteiger charge is -2.44. The van der Waals surface area contributed by atoms with Crippen LogP contribution in [0.1, 0.15) is 61.5 Å². The fraction of sp³-hybridized carbons (Fsp3) is 0.444. The van der Waals surface area contributed by atoms with Crippen molar-refractivity contribution in [2.75, 3.05) is 7.11 Å².